The quantitative estimate of drug-likeness (QED) is 0.694. The zero-order valence-corrected chi connectivity index (χ0v) is 14.1. The first kappa shape index (κ1) is 16.8. The normalized spacial score (nSPS) is 10.8. The number of amides is 1. The average Bonchev–Trinajstić information content (AvgIpc) is 2.95. The Hall–Kier alpha value is -3.02. The molecule has 0 radical (unpaired) electrons. The van der Waals surface area contributed by atoms with Crippen LogP contribution in [-0.4, -0.2) is 23.6 Å². The van der Waals surface area contributed by atoms with Gasteiger partial charge in [-0.1, -0.05) is 25.1 Å². The summed E-state index contributed by atoms with van der Waals surface area (Å²) >= 11 is 0. The first-order valence-corrected chi connectivity index (χ1v) is 8.39. The van der Waals surface area contributed by atoms with Gasteiger partial charge in [0, 0.05) is 30.9 Å². The summed E-state index contributed by atoms with van der Waals surface area (Å²) in [6.45, 7) is 3.69. The van der Waals surface area contributed by atoms with Gasteiger partial charge in [-0.2, -0.15) is 0 Å². The van der Waals surface area contributed by atoms with Gasteiger partial charge in [-0.15, -0.1) is 0 Å². The lowest BCUT2D eigenvalue weighted by Crippen LogP contribution is -2.24. The topological polar surface area (TPSA) is 76.3 Å². The van der Waals surface area contributed by atoms with Gasteiger partial charge in [-0.3, -0.25) is 9.36 Å². The Bertz CT molecular complexity index is 927. The highest BCUT2D eigenvalue weighted by molar-refractivity contribution is 5.95. The maximum Gasteiger partial charge on any atom is 0.420 e. The zero-order chi connectivity index (χ0) is 17.6. The Morgan fingerprint density at radius 2 is 1.96 bits per heavy atom. The molecule has 6 nitrogen and oxygen atoms in total. The number of carbonyl (C=O) groups excluding carboxylic acids is 1. The fraction of sp³-hybridized carbons (Fsp3) is 0.263. The van der Waals surface area contributed by atoms with E-state index in [0.717, 1.165) is 17.6 Å². The van der Waals surface area contributed by atoms with Crippen LogP contribution in [0.3, 0.4) is 0 Å². The standard InChI is InChI=1S/C19H21N3O3/c1-2-10-21-18(23)14-6-5-7-15(13-14)20-11-12-22-16-8-3-4-9-17(16)25-19(22)24/h3-9,13,20H,2,10-12H2,1H3,(H,21,23). The monoisotopic (exact) mass is 339 g/mol. The Labute approximate surface area is 145 Å². The van der Waals surface area contributed by atoms with Crippen molar-refractivity contribution in [2.75, 3.05) is 18.4 Å². The van der Waals surface area contributed by atoms with Gasteiger partial charge in [0.15, 0.2) is 5.58 Å². The molecule has 0 saturated carbocycles. The Balaban J connectivity index is 1.65. The number of hydrogen-bond acceptors (Lipinski definition) is 4. The molecule has 3 rings (SSSR count). The largest absolute Gasteiger partial charge is 0.420 e. The minimum absolute atomic E-state index is 0.0810. The van der Waals surface area contributed by atoms with E-state index >= 15 is 0 Å². The number of nitrogens with zero attached hydrogens (tertiary/aromatic N) is 1. The first-order valence-electron chi connectivity index (χ1n) is 8.39. The molecular formula is C19H21N3O3. The van der Waals surface area contributed by atoms with E-state index in [2.05, 4.69) is 10.6 Å². The zero-order valence-electron chi connectivity index (χ0n) is 14.1. The van der Waals surface area contributed by atoms with Crippen LogP contribution >= 0.6 is 0 Å². The van der Waals surface area contributed by atoms with Crippen molar-refractivity contribution in [2.45, 2.75) is 19.9 Å². The molecule has 0 spiro atoms. The second-order valence-corrected chi connectivity index (χ2v) is 5.75. The number of carbonyl (C=O) groups is 1. The number of oxazole rings is 1. The molecule has 1 amide bonds. The Kier molecular flexibility index (Phi) is 5.18. The molecule has 0 saturated heterocycles. The lowest BCUT2D eigenvalue weighted by molar-refractivity contribution is 0.0953. The van der Waals surface area contributed by atoms with Gasteiger partial charge < -0.3 is 15.1 Å². The van der Waals surface area contributed by atoms with E-state index < -0.39 is 0 Å². The number of aromatic nitrogens is 1. The molecule has 2 N–H and O–H groups in total. The molecule has 6 heteroatoms. The number of nitrogens with one attached hydrogen (secondary N) is 2. The lowest BCUT2D eigenvalue weighted by Gasteiger charge is -2.09. The summed E-state index contributed by atoms with van der Waals surface area (Å²) < 4.78 is 6.81. The smallest absolute Gasteiger partial charge is 0.408 e. The van der Waals surface area contributed by atoms with Gasteiger partial charge in [-0.05, 0) is 36.8 Å². The highest BCUT2D eigenvalue weighted by Gasteiger charge is 2.08. The molecule has 0 aliphatic heterocycles. The molecular weight excluding hydrogens is 318 g/mol. The van der Waals surface area contributed by atoms with Crippen LogP contribution in [0.4, 0.5) is 5.69 Å². The van der Waals surface area contributed by atoms with Gasteiger partial charge in [0.1, 0.15) is 0 Å². The molecule has 3 aromatic rings. The number of rotatable bonds is 7. The van der Waals surface area contributed by atoms with Gasteiger partial charge in [-0.25, -0.2) is 4.79 Å². The maximum atomic E-state index is 12.0. The SMILES string of the molecule is CCCNC(=O)c1cccc(NCCn2c(=O)oc3ccccc32)c1. The first-order chi connectivity index (χ1) is 12.2. The minimum atomic E-state index is -0.365. The van der Waals surface area contributed by atoms with Crippen LogP contribution in [0.25, 0.3) is 11.1 Å². The Morgan fingerprint density at radius 3 is 2.80 bits per heavy atom. The van der Waals surface area contributed by atoms with Crippen molar-refractivity contribution >= 4 is 22.7 Å². The number of fused-ring (bicyclic) bond motifs is 1. The highest BCUT2D eigenvalue weighted by Crippen LogP contribution is 2.13. The van der Waals surface area contributed by atoms with E-state index in [9.17, 15) is 9.59 Å². The van der Waals surface area contributed by atoms with Crippen molar-refractivity contribution in [3.05, 3.63) is 64.6 Å². The third kappa shape index (κ3) is 3.91. The van der Waals surface area contributed by atoms with E-state index in [1.807, 2.05) is 37.3 Å². The van der Waals surface area contributed by atoms with E-state index in [1.165, 1.54) is 0 Å². The fourth-order valence-electron chi connectivity index (χ4n) is 2.65. The summed E-state index contributed by atoms with van der Waals surface area (Å²) in [6, 6.07) is 14.7. The molecule has 1 heterocycles. The lowest BCUT2D eigenvalue weighted by atomic mass is 10.2. The van der Waals surface area contributed by atoms with Crippen molar-refractivity contribution in [1.82, 2.24) is 9.88 Å². The second kappa shape index (κ2) is 7.70. The van der Waals surface area contributed by atoms with Crippen molar-refractivity contribution in [3.63, 3.8) is 0 Å². The molecule has 0 atom stereocenters. The van der Waals surface area contributed by atoms with Crippen LogP contribution in [-0.2, 0) is 6.54 Å². The summed E-state index contributed by atoms with van der Waals surface area (Å²) in [5.41, 5.74) is 2.82. The van der Waals surface area contributed by atoms with Gasteiger partial charge in [0.05, 0.1) is 5.52 Å². The van der Waals surface area contributed by atoms with Crippen LogP contribution in [0.15, 0.2) is 57.7 Å². The highest BCUT2D eigenvalue weighted by atomic mass is 16.4. The molecule has 2 aromatic carbocycles. The second-order valence-electron chi connectivity index (χ2n) is 5.75. The summed E-state index contributed by atoms with van der Waals surface area (Å²) in [6.07, 6.45) is 0.900. The van der Waals surface area contributed by atoms with E-state index in [-0.39, 0.29) is 11.7 Å². The van der Waals surface area contributed by atoms with Gasteiger partial charge in [0.25, 0.3) is 5.91 Å². The van der Waals surface area contributed by atoms with Crippen LogP contribution in [0.5, 0.6) is 0 Å². The fourth-order valence-corrected chi connectivity index (χ4v) is 2.65. The van der Waals surface area contributed by atoms with Crippen LogP contribution in [0.1, 0.15) is 23.7 Å². The number of para-hydroxylation sites is 2. The molecule has 25 heavy (non-hydrogen) atoms. The third-order valence-electron chi connectivity index (χ3n) is 3.90. The summed E-state index contributed by atoms with van der Waals surface area (Å²) in [7, 11) is 0. The van der Waals surface area contributed by atoms with Crippen molar-refractivity contribution in [1.29, 1.82) is 0 Å². The maximum absolute atomic E-state index is 12.0. The molecule has 0 fully saturated rings. The number of hydrogen-bond donors (Lipinski definition) is 2. The molecule has 0 bridgehead atoms. The summed E-state index contributed by atoms with van der Waals surface area (Å²) in [4.78, 5) is 24.0. The minimum Gasteiger partial charge on any atom is -0.408 e. The van der Waals surface area contributed by atoms with E-state index in [0.29, 0.717) is 30.8 Å². The molecule has 0 unspecified atom stereocenters. The third-order valence-corrected chi connectivity index (χ3v) is 3.90. The van der Waals surface area contributed by atoms with Gasteiger partial charge in [0.2, 0.25) is 0 Å². The summed E-state index contributed by atoms with van der Waals surface area (Å²) in [5, 5.41) is 6.10. The predicted octanol–water partition coefficient (Wildman–Crippen LogP) is 2.85. The molecule has 130 valence electrons. The van der Waals surface area contributed by atoms with E-state index in [4.69, 9.17) is 4.42 Å². The predicted molar refractivity (Wildman–Crippen MR) is 98.0 cm³/mol. The van der Waals surface area contributed by atoms with Crippen LogP contribution in [0, 0.1) is 0 Å². The average molecular weight is 339 g/mol. The van der Waals surface area contributed by atoms with Crippen molar-refractivity contribution in [2.24, 2.45) is 0 Å². The van der Waals surface area contributed by atoms with Crippen LogP contribution in [0.2, 0.25) is 0 Å². The molecule has 0 aliphatic rings. The number of anilines is 1. The molecule has 0 aliphatic carbocycles. The van der Waals surface area contributed by atoms with Gasteiger partial charge >= 0.3 is 5.76 Å². The molecule has 1 aromatic heterocycles. The number of benzene rings is 2. The summed E-state index contributed by atoms with van der Waals surface area (Å²) in [5.74, 6) is -0.446. The van der Waals surface area contributed by atoms with E-state index in [1.54, 1.807) is 22.8 Å². The van der Waals surface area contributed by atoms with Crippen molar-refractivity contribution < 1.29 is 9.21 Å². The van der Waals surface area contributed by atoms with Crippen LogP contribution < -0.4 is 16.4 Å². The Morgan fingerprint density at radius 1 is 1.12 bits per heavy atom. The van der Waals surface area contributed by atoms with Crippen molar-refractivity contribution in [3.8, 4) is 0 Å².